The predicted octanol–water partition coefficient (Wildman–Crippen LogP) is 4.01. The molecule has 1 fully saturated rings. The third-order valence-corrected chi connectivity index (χ3v) is 6.44. The van der Waals surface area contributed by atoms with E-state index in [0.717, 1.165) is 49.6 Å². The zero-order valence-electron chi connectivity index (χ0n) is 20.4. The molecule has 1 amide bonds. The van der Waals surface area contributed by atoms with Gasteiger partial charge in [0.1, 0.15) is 17.1 Å². The van der Waals surface area contributed by atoms with Crippen LogP contribution in [0, 0.1) is 5.92 Å². The Morgan fingerprint density at radius 2 is 1.97 bits per heavy atom. The Balaban J connectivity index is 1.43. The van der Waals surface area contributed by atoms with Crippen LogP contribution < -0.4 is 10.1 Å². The highest BCUT2D eigenvalue weighted by Gasteiger charge is 2.25. The first kappa shape index (κ1) is 23.0. The smallest absolute Gasteiger partial charge is 0.262 e. The van der Waals surface area contributed by atoms with Crippen LogP contribution in [-0.4, -0.2) is 61.9 Å². The first-order valence-electron chi connectivity index (χ1n) is 12.1. The van der Waals surface area contributed by atoms with Gasteiger partial charge in [0.15, 0.2) is 5.65 Å². The van der Waals surface area contributed by atoms with Crippen molar-refractivity contribution in [3.05, 3.63) is 66.2 Å². The molecule has 4 aromatic rings. The Kier molecular flexibility index (Phi) is 6.50. The number of fused-ring (bicyclic) bond motifs is 1. The molecule has 3 aromatic heterocycles. The van der Waals surface area contributed by atoms with Gasteiger partial charge in [0, 0.05) is 30.9 Å². The van der Waals surface area contributed by atoms with Crippen LogP contribution in [-0.2, 0) is 0 Å². The first-order chi connectivity index (χ1) is 17.0. The zero-order chi connectivity index (χ0) is 24.4. The predicted molar refractivity (Wildman–Crippen MR) is 134 cm³/mol. The molecule has 182 valence electrons. The summed E-state index contributed by atoms with van der Waals surface area (Å²) in [4.78, 5) is 20.1. The van der Waals surface area contributed by atoms with E-state index >= 15 is 0 Å². The van der Waals surface area contributed by atoms with Gasteiger partial charge in [-0.25, -0.2) is 14.2 Å². The van der Waals surface area contributed by atoms with E-state index in [4.69, 9.17) is 9.84 Å². The van der Waals surface area contributed by atoms with Crippen LogP contribution in [0.3, 0.4) is 0 Å². The number of nitrogens with zero attached hydrogens (tertiary/aromatic N) is 6. The standard InChI is InChI=1S/C26H31N7O2/c1-18(2)17-31-13-9-19(10-14-31)23-15-24(33(30-23)20-5-7-21(35-3)8-6-20)29-26(34)22-16-28-32-12-4-11-27-25(22)32/h4-8,11-12,15-16,18-19H,9-10,13-14,17H2,1-3H3,(H,29,34). The molecule has 4 heterocycles. The summed E-state index contributed by atoms with van der Waals surface area (Å²) in [5.74, 6) is 2.13. The van der Waals surface area contributed by atoms with Crippen molar-refractivity contribution in [2.45, 2.75) is 32.6 Å². The van der Waals surface area contributed by atoms with E-state index in [1.54, 1.807) is 34.8 Å². The van der Waals surface area contributed by atoms with Gasteiger partial charge in [-0.1, -0.05) is 13.8 Å². The summed E-state index contributed by atoms with van der Waals surface area (Å²) < 4.78 is 8.69. The molecule has 9 nitrogen and oxygen atoms in total. The van der Waals surface area contributed by atoms with Crippen molar-refractivity contribution in [2.24, 2.45) is 5.92 Å². The molecule has 5 rings (SSSR count). The Hall–Kier alpha value is -3.72. The topological polar surface area (TPSA) is 89.6 Å². The number of hydrogen-bond donors (Lipinski definition) is 1. The molecule has 0 radical (unpaired) electrons. The SMILES string of the molecule is COc1ccc(-n2nc(C3CCN(CC(C)C)CC3)cc2NC(=O)c2cnn3cccnc23)cc1. The minimum absolute atomic E-state index is 0.272. The first-order valence-corrected chi connectivity index (χ1v) is 12.1. The minimum Gasteiger partial charge on any atom is -0.497 e. The van der Waals surface area contributed by atoms with Crippen molar-refractivity contribution in [3.8, 4) is 11.4 Å². The van der Waals surface area contributed by atoms with E-state index in [9.17, 15) is 4.79 Å². The molecule has 0 aliphatic carbocycles. The average molecular weight is 474 g/mol. The number of piperidine rings is 1. The highest BCUT2D eigenvalue weighted by Crippen LogP contribution is 2.31. The largest absolute Gasteiger partial charge is 0.497 e. The van der Waals surface area contributed by atoms with Crippen LogP contribution in [0.2, 0.25) is 0 Å². The summed E-state index contributed by atoms with van der Waals surface area (Å²) in [6.07, 6.45) is 7.07. The Morgan fingerprint density at radius 1 is 1.20 bits per heavy atom. The van der Waals surface area contributed by atoms with Crippen molar-refractivity contribution >= 4 is 17.4 Å². The molecular formula is C26H31N7O2. The van der Waals surface area contributed by atoms with E-state index in [2.05, 4.69) is 34.1 Å². The summed E-state index contributed by atoms with van der Waals surface area (Å²) in [6, 6.07) is 11.4. The van der Waals surface area contributed by atoms with Gasteiger partial charge in [0.2, 0.25) is 0 Å². The van der Waals surface area contributed by atoms with Gasteiger partial charge in [0.05, 0.1) is 24.7 Å². The maximum absolute atomic E-state index is 13.2. The fourth-order valence-electron chi connectivity index (χ4n) is 4.71. The van der Waals surface area contributed by atoms with Crippen molar-refractivity contribution in [1.29, 1.82) is 0 Å². The number of benzene rings is 1. The summed E-state index contributed by atoms with van der Waals surface area (Å²) in [7, 11) is 1.64. The van der Waals surface area contributed by atoms with E-state index in [-0.39, 0.29) is 5.91 Å². The normalized spacial score (nSPS) is 15.1. The number of carbonyl (C=O) groups excluding carboxylic acids is 1. The monoisotopic (exact) mass is 473 g/mol. The summed E-state index contributed by atoms with van der Waals surface area (Å²) >= 11 is 0. The van der Waals surface area contributed by atoms with E-state index < -0.39 is 0 Å². The molecule has 1 aromatic carbocycles. The maximum atomic E-state index is 13.2. The molecule has 1 saturated heterocycles. The number of hydrogen-bond acceptors (Lipinski definition) is 6. The molecule has 1 aliphatic rings. The Morgan fingerprint density at radius 3 is 2.69 bits per heavy atom. The summed E-state index contributed by atoms with van der Waals surface area (Å²) in [6.45, 7) is 7.78. The van der Waals surface area contributed by atoms with E-state index in [1.165, 1.54) is 6.20 Å². The number of rotatable bonds is 7. The van der Waals surface area contributed by atoms with Crippen LogP contribution in [0.5, 0.6) is 5.75 Å². The fourth-order valence-corrected chi connectivity index (χ4v) is 4.71. The molecule has 0 atom stereocenters. The minimum atomic E-state index is -0.272. The lowest BCUT2D eigenvalue weighted by atomic mass is 9.93. The van der Waals surface area contributed by atoms with Crippen molar-refractivity contribution in [2.75, 3.05) is 32.1 Å². The summed E-state index contributed by atoms with van der Waals surface area (Å²) in [5.41, 5.74) is 2.77. The molecule has 35 heavy (non-hydrogen) atoms. The third kappa shape index (κ3) is 4.90. The van der Waals surface area contributed by atoms with Gasteiger partial charge in [0.25, 0.3) is 5.91 Å². The van der Waals surface area contributed by atoms with E-state index in [1.807, 2.05) is 30.3 Å². The molecule has 1 N–H and O–H groups in total. The lowest BCUT2D eigenvalue weighted by Gasteiger charge is -2.32. The number of anilines is 1. The van der Waals surface area contributed by atoms with Crippen molar-refractivity contribution in [1.82, 2.24) is 29.3 Å². The van der Waals surface area contributed by atoms with Gasteiger partial charge in [-0.3, -0.25) is 4.79 Å². The molecule has 1 aliphatic heterocycles. The van der Waals surface area contributed by atoms with Crippen LogP contribution >= 0.6 is 0 Å². The number of nitrogens with one attached hydrogen (secondary N) is 1. The lowest BCUT2D eigenvalue weighted by Crippen LogP contribution is -2.35. The second-order valence-electron chi connectivity index (χ2n) is 9.43. The Labute approximate surface area is 204 Å². The van der Waals surface area contributed by atoms with E-state index in [0.29, 0.717) is 28.9 Å². The number of carbonyl (C=O) groups is 1. The highest BCUT2D eigenvalue weighted by atomic mass is 16.5. The third-order valence-electron chi connectivity index (χ3n) is 6.44. The van der Waals surface area contributed by atoms with Crippen LogP contribution in [0.1, 0.15) is 48.7 Å². The molecular weight excluding hydrogens is 442 g/mol. The van der Waals surface area contributed by atoms with Crippen molar-refractivity contribution < 1.29 is 9.53 Å². The zero-order valence-corrected chi connectivity index (χ0v) is 20.4. The van der Waals surface area contributed by atoms with Crippen LogP contribution in [0.25, 0.3) is 11.3 Å². The van der Waals surface area contributed by atoms with Crippen LogP contribution in [0.15, 0.2) is 55.0 Å². The quantitative estimate of drug-likeness (QED) is 0.436. The van der Waals surface area contributed by atoms with Gasteiger partial charge < -0.3 is 15.0 Å². The van der Waals surface area contributed by atoms with Gasteiger partial charge in [-0.15, -0.1) is 0 Å². The molecule has 0 unspecified atom stereocenters. The van der Waals surface area contributed by atoms with Gasteiger partial charge >= 0.3 is 0 Å². The molecule has 0 bridgehead atoms. The number of likely N-dealkylation sites (tertiary alicyclic amines) is 1. The fraction of sp³-hybridized carbons (Fsp3) is 0.385. The Bertz CT molecular complexity index is 1300. The highest BCUT2D eigenvalue weighted by molar-refractivity contribution is 6.07. The molecule has 0 spiro atoms. The molecule has 0 saturated carbocycles. The molecule has 9 heteroatoms. The van der Waals surface area contributed by atoms with Crippen LogP contribution in [0.4, 0.5) is 5.82 Å². The summed E-state index contributed by atoms with van der Waals surface area (Å²) in [5, 5.41) is 12.2. The maximum Gasteiger partial charge on any atom is 0.262 e. The lowest BCUT2D eigenvalue weighted by molar-refractivity contribution is 0.102. The second-order valence-corrected chi connectivity index (χ2v) is 9.43. The average Bonchev–Trinajstić information content (AvgIpc) is 3.49. The number of methoxy groups -OCH3 is 1. The number of amides is 1. The van der Waals surface area contributed by atoms with Gasteiger partial charge in [-0.05, 0) is 62.2 Å². The van der Waals surface area contributed by atoms with Crippen molar-refractivity contribution in [3.63, 3.8) is 0 Å². The second kappa shape index (κ2) is 9.87. The van der Waals surface area contributed by atoms with Gasteiger partial charge in [-0.2, -0.15) is 10.2 Å². The number of ether oxygens (including phenoxy) is 1. The number of aromatic nitrogens is 5.